The number of hydrogen-bond donors (Lipinski definition) is 0. The van der Waals surface area contributed by atoms with E-state index in [-0.39, 0.29) is 5.91 Å². The van der Waals surface area contributed by atoms with E-state index in [1.165, 1.54) is 0 Å². The van der Waals surface area contributed by atoms with Crippen LogP contribution in [0.2, 0.25) is 0 Å². The highest BCUT2D eigenvalue weighted by Gasteiger charge is 2.22. The first-order chi connectivity index (χ1) is 10.5. The standard InChI is InChI=1S/C17H24N2O3/c1-13(2)12-19(9-10-21-4)17(20)14(3)22-16-7-5-15(11-18)6-8-16/h5-8,13-14H,9-10,12H2,1-4H3. The summed E-state index contributed by atoms with van der Waals surface area (Å²) in [6, 6.07) is 8.79. The molecule has 5 heteroatoms. The first-order valence-electron chi connectivity index (χ1n) is 7.42. The van der Waals surface area contributed by atoms with Crippen LogP contribution in [0, 0.1) is 17.2 Å². The van der Waals surface area contributed by atoms with Gasteiger partial charge in [0.1, 0.15) is 5.75 Å². The Hall–Kier alpha value is -2.06. The summed E-state index contributed by atoms with van der Waals surface area (Å²) in [6.07, 6.45) is -0.580. The Labute approximate surface area is 132 Å². The molecule has 0 N–H and O–H groups in total. The van der Waals surface area contributed by atoms with Crippen LogP contribution in [0.25, 0.3) is 0 Å². The van der Waals surface area contributed by atoms with Crippen LogP contribution in [0.4, 0.5) is 0 Å². The number of carbonyl (C=O) groups is 1. The molecule has 0 bridgehead atoms. The summed E-state index contributed by atoms with van der Waals surface area (Å²) < 4.78 is 10.7. The van der Waals surface area contributed by atoms with E-state index >= 15 is 0 Å². The summed E-state index contributed by atoms with van der Waals surface area (Å²) >= 11 is 0. The lowest BCUT2D eigenvalue weighted by atomic mass is 10.2. The van der Waals surface area contributed by atoms with E-state index in [0.29, 0.717) is 36.9 Å². The molecule has 120 valence electrons. The van der Waals surface area contributed by atoms with Gasteiger partial charge in [0.05, 0.1) is 18.2 Å². The highest BCUT2D eigenvalue weighted by Crippen LogP contribution is 2.14. The van der Waals surface area contributed by atoms with Crippen molar-refractivity contribution in [3.05, 3.63) is 29.8 Å². The van der Waals surface area contributed by atoms with Gasteiger partial charge < -0.3 is 14.4 Å². The average molecular weight is 304 g/mol. The van der Waals surface area contributed by atoms with Crippen molar-refractivity contribution in [3.8, 4) is 11.8 Å². The molecule has 1 rings (SSSR count). The van der Waals surface area contributed by atoms with E-state index < -0.39 is 6.10 Å². The fourth-order valence-corrected chi connectivity index (χ4v) is 2.05. The lowest BCUT2D eigenvalue weighted by molar-refractivity contribution is -0.139. The van der Waals surface area contributed by atoms with E-state index in [2.05, 4.69) is 13.8 Å². The maximum atomic E-state index is 12.5. The van der Waals surface area contributed by atoms with Crippen molar-refractivity contribution in [1.82, 2.24) is 4.90 Å². The summed E-state index contributed by atoms with van der Waals surface area (Å²) in [7, 11) is 1.62. The predicted octanol–water partition coefficient (Wildman–Crippen LogP) is 2.46. The third kappa shape index (κ3) is 5.74. The molecule has 0 spiro atoms. The molecule has 1 amide bonds. The molecule has 0 fully saturated rings. The van der Waals surface area contributed by atoms with Gasteiger partial charge in [-0.25, -0.2) is 0 Å². The Morgan fingerprint density at radius 3 is 2.41 bits per heavy atom. The zero-order chi connectivity index (χ0) is 16.5. The monoisotopic (exact) mass is 304 g/mol. The van der Waals surface area contributed by atoms with Gasteiger partial charge in [-0.3, -0.25) is 4.79 Å². The van der Waals surface area contributed by atoms with Crippen molar-refractivity contribution in [1.29, 1.82) is 5.26 Å². The first-order valence-corrected chi connectivity index (χ1v) is 7.42. The highest BCUT2D eigenvalue weighted by atomic mass is 16.5. The van der Waals surface area contributed by atoms with Gasteiger partial charge in [-0.1, -0.05) is 13.8 Å². The number of ether oxygens (including phenoxy) is 2. The fraction of sp³-hybridized carbons (Fsp3) is 0.529. The van der Waals surface area contributed by atoms with Gasteiger partial charge in [-0.2, -0.15) is 5.26 Å². The quantitative estimate of drug-likeness (QED) is 0.740. The Morgan fingerprint density at radius 2 is 1.91 bits per heavy atom. The molecule has 0 aliphatic carbocycles. The zero-order valence-corrected chi connectivity index (χ0v) is 13.7. The minimum Gasteiger partial charge on any atom is -0.481 e. The van der Waals surface area contributed by atoms with Gasteiger partial charge in [-0.05, 0) is 37.1 Å². The van der Waals surface area contributed by atoms with E-state index in [4.69, 9.17) is 14.7 Å². The van der Waals surface area contributed by atoms with Crippen LogP contribution in [0.5, 0.6) is 5.75 Å². The predicted molar refractivity (Wildman–Crippen MR) is 84.5 cm³/mol. The third-order valence-electron chi connectivity index (χ3n) is 3.11. The van der Waals surface area contributed by atoms with Crippen LogP contribution >= 0.6 is 0 Å². The normalized spacial score (nSPS) is 11.8. The van der Waals surface area contributed by atoms with Gasteiger partial charge in [-0.15, -0.1) is 0 Å². The minimum atomic E-state index is -0.580. The Balaban J connectivity index is 2.68. The summed E-state index contributed by atoms with van der Waals surface area (Å²) in [5.41, 5.74) is 0.563. The Kier molecular flexibility index (Phi) is 7.41. The maximum Gasteiger partial charge on any atom is 0.263 e. The van der Waals surface area contributed by atoms with Crippen molar-refractivity contribution in [2.75, 3.05) is 26.8 Å². The molecule has 5 nitrogen and oxygen atoms in total. The number of rotatable bonds is 8. The largest absolute Gasteiger partial charge is 0.481 e. The topological polar surface area (TPSA) is 62.6 Å². The van der Waals surface area contributed by atoms with Crippen molar-refractivity contribution in [3.63, 3.8) is 0 Å². The SMILES string of the molecule is COCCN(CC(C)C)C(=O)C(C)Oc1ccc(C#N)cc1. The van der Waals surface area contributed by atoms with Crippen LogP contribution in [0.1, 0.15) is 26.3 Å². The number of hydrogen-bond acceptors (Lipinski definition) is 4. The minimum absolute atomic E-state index is 0.0601. The molecule has 0 aliphatic heterocycles. The molecule has 1 unspecified atom stereocenters. The van der Waals surface area contributed by atoms with Crippen molar-refractivity contribution >= 4 is 5.91 Å². The molecular weight excluding hydrogens is 280 g/mol. The van der Waals surface area contributed by atoms with Crippen LogP contribution in [0.15, 0.2) is 24.3 Å². The number of methoxy groups -OCH3 is 1. The number of nitriles is 1. The second-order valence-electron chi connectivity index (χ2n) is 5.57. The van der Waals surface area contributed by atoms with Crippen LogP contribution in [0.3, 0.4) is 0 Å². The Bertz CT molecular complexity index is 506. The molecule has 1 aromatic rings. The summed E-state index contributed by atoms with van der Waals surface area (Å²) in [5, 5.41) is 8.77. The lowest BCUT2D eigenvalue weighted by Gasteiger charge is -2.27. The summed E-state index contributed by atoms with van der Waals surface area (Å²) in [5.74, 6) is 0.897. The number of nitrogens with zero attached hydrogens (tertiary/aromatic N) is 2. The molecule has 0 saturated heterocycles. The smallest absolute Gasteiger partial charge is 0.263 e. The van der Waals surface area contributed by atoms with Gasteiger partial charge >= 0.3 is 0 Å². The summed E-state index contributed by atoms with van der Waals surface area (Å²) in [4.78, 5) is 14.3. The third-order valence-corrected chi connectivity index (χ3v) is 3.11. The number of benzene rings is 1. The van der Waals surface area contributed by atoms with Crippen molar-refractivity contribution in [2.45, 2.75) is 26.9 Å². The number of amides is 1. The lowest BCUT2D eigenvalue weighted by Crippen LogP contribution is -2.43. The van der Waals surface area contributed by atoms with E-state index in [9.17, 15) is 4.79 Å². The fourth-order valence-electron chi connectivity index (χ4n) is 2.05. The van der Waals surface area contributed by atoms with E-state index in [0.717, 1.165) is 0 Å². The summed E-state index contributed by atoms with van der Waals surface area (Å²) in [6.45, 7) is 7.60. The molecule has 0 aliphatic rings. The zero-order valence-electron chi connectivity index (χ0n) is 13.7. The molecule has 0 saturated carbocycles. The molecule has 0 aromatic heterocycles. The van der Waals surface area contributed by atoms with Crippen molar-refractivity contribution in [2.24, 2.45) is 5.92 Å². The number of carbonyl (C=O) groups excluding carboxylic acids is 1. The average Bonchev–Trinajstić information content (AvgIpc) is 2.51. The Morgan fingerprint density at radius 1 is 1.27 bits per heavy atom. The van der Waals surface area contributed by atoms with Gasteiger partial charge in [0.2, 0.25) is 0 Å². The second kappa shape index (κ2) is 9.06. The van der Waals surface area contributed by atoms with Gasteiger partial charge in [0, 0.05) is 20.2 Å². The first kappa shape index (κ1) is 18.0. The van der Waals surface area contributed by atoms with Crippen LogP contribution < -0.4 is 4.74 Å². The molecule has 0 radical (unpaired) electrons. The molecular formula is C17H24N2O3. The molecule has 1 atom stereocenters. The molecule has 22 heavy (non-hydrogen) atoms. The van der Waals surface area contributed by atoms with Crippen LogP contribution in [-0.2, 0) is 9.53 Å². The van der Waals surface area contributed by atoms with Gasteiger partial charge in [0.15, 0.2) is 6.10 Å². The van der Waals surface area contributed by atoms with Crippen LogP contribution in [-0.4, -0.2) is 43.7 Å². The molecule has 1 aromatic carbocycles. The van der Waals surface area contributed by atoms with Gasteiger partial charge in [0.25, 0.3) is 5.91 Å². The van der Waals surface area contributed by atoms with E-state index in [1.807, 2.05) is 6.07 Å². The van der Waals surface area contributed by atoms with Crippen molar-refractivity contribution < 1.29 is 14.3 Å². The second-order valence-corrected chi connectivity index (χ2v) is 5.57. The molecule has 0 heterocycles. The maximum absolute atomic E-state index is 12.5. The highest BCUT2D eigenvalue weighted by molar-refractivity contribution is 5.80. The van der Waals surface area contributed by atoms with E-state index in [1.54, 1.807) is 43.2 Å².